The average molecular weight is 372 g/mol. The van der Waals surface area contributed by atoms with Gasteiger partial charge in [-0.05, 0) is 41.5 Å². The van der Waals surface area contributed by atoms with Crippen molar-refractivity contribution in [2.45, 2.75) is 65.2 Å². The summed E-state index contributed by atoms with van der Waals surface area (Å²) in [6.07, 6.45) is -0.892. The largest absolute Gasteiger partial charge is 0.460 e. The Morgan fingerprint density at radius 2 is 1.50 bits per heavy atom. The second-order valence-corrected chi connectivity index (χ2v) is 8.34. The van der Waals surface area contributed by atoms with E-state index in [9.17, 15) is 14.4 Å². The zero-order valence-electron chi connectivity index (χ0n) is 17.0. The van der Waals surface area contributed by atoms with Crippen LogP contribution in [0, 0.1) is 0 Å². The van der Waals surface area contributed by atoms with Crippen LogP contribution in [0.15, 0.2) is 0 Å². The van der Waals surface area contributed by atoms with Gasteiger partial charge in [0.1, 0.15) is 17.2 Å². The van der Waals surface area contributed by atoms with Crippen molar-refractivity contribution < 1.29 is 28.6 Å². The number of ether oxygens (including phenoxy) is 3. The first-order valence-corrected chi connectivity index (χ1v) is 8.84. The minimum atomic E-state index is -0.988. The van der Waals surface area contributed by atoms with Gasteiger partial charge in [-0.3, -0.25) is 14.5 Å². The molecule has 0 N–H and O–H groups in total. The molecule has 0 saturated carbocycles. The van der Waals surface area contributed by atoms with Crippen molar-refractivity contribution in [3.63, 3.8) is 0 Å². The van der Waals surface area contributed by atoms with Gasteiger partial charge in [0, 0.05) is 20.1 Å². The van der Waals surface area contributed by atoms with Crippen molar-refractivity contribution in [3.8, 4) is 0 Å². The summed E-state index contributed by atoms with van der Waals surface area (Å²) in [5.41, 5.74) is -1.38. The maximum Gasteiger partial charge on any atom is 0.410 e. The van der Waals surface area contributed by atoms with Crippen LogP contribution in [0.3, 0.4) is 0 Å². The number of carbonyl (C=O) groups is 3. The molecule has 26 heavy (non-hydrogen) atoms. The first kappa shape index (κ1) is 22.2. The number of hydrogen-bond donors (Lipinski definition) is 0. The van der Waals surface area contributed by atoms with Gasteiger partial charge in [-0.15, -0.1) is 0 Å². The first-order valence-electron chi connectivity index (χ1n) is 8.84. The van der Waals surface area contributed by atoms with Crippen molar-refractivity contribution in [1.29, 1.82) is 0 Å². The third kappa shape index (κ3) is 7.59. The van der Waals surface area contributed by atoms with Crippen LogP contribution in [-0.2, 0) is 23.8 Å². The zero-order valence-corrected chi connectivity index (χ0v) is 17.0. The summed E-state index contributed by atoms with van der Waals surface area (Å²) in [5, 5.41) is 0. The Labute approximate surface area is 155 Å². The Bertz CT molecular complexity index is 515. The monoisotopic (exact) mass is 372 g/mol. The Hall–Kier alpha value is -1.83. The highest BCUT2D eigenvalue weighted by Crippen LogP contribution is 2.17. The second-order valence-electron chi connectivity index (χ2n) is 8.34. The van der Waals surface area contributed by atoms with E-state index in [2.05, 4.69) is 0 Å². The molecule has 0 aliphatic carbocycles. The number of morpholine rings is 1. The van der Waals surface area contributed by atoms with E-state index in [1.165, 1.54) is 11.9 Å². The van der Waals surface area contributed by atoms with Gasteiger partial charge >= 0.3 is 12.1 Å². The van der Waals surface area contributed by atoms with Crippen LogP contribution < -0.4 is 0 Å². The van der Waals surface area contributed by atoms with Gasteiger partial charge in [0.2, 0.25) is 5.91 Å². The highest BCUT2D eigenvalue weighted by Gasteiger charge is 2.36. The van der Waals surface area contributed by atoms with Crippen molar-refractivity contribution in [2.24, 2.45) is 0 Å². The highest BCUT2D eigenvalue weighted by molar-refractivity contribution is 5.89. The molecule has 0 aromatic carbocycles. The number of esters is 1. The SMILES string of the molecule is CN(C(=O)OC(C)(C)C)C(CC(=O)OC(C)(C)C)C(=O)N1CCOCC1. The Balaban J connectivity index is 2.94. The quantitative estimate of drug-likeness (QED) is 0.700. The fourth-order valence-electron chi connectivity index (χ4n) is 2.39. The first-order chi connectivity index (χ1) is 11.8. The van der Waals surface area contributed by atoms with E-state index in [0.717, 1.165) is 0 Å². The topological polar surface area (TPSA) is 85.4 Å². The molecule has 1 aliphatic rings. The van der Waals surface area contributed by atoms with Gasteiger partial charge in [0.25, 0.3) is 0 Å². The number of carbonyl (C=O) groups excluding carboxylic acids is 3. The summed E-state index contributed by atoms with van der Waals surface area (Å²) < 4.78 is 15.9. The number of hydrogen-bond acceptors (Lipinski definition) is 6. The van der Waals surface area contributed by atoms with E-state index in [1.807, 2.05) is 0 Å². The maximum atomic E-state index is 12.9. The van der Waals surface area contributed by atoms with Crippen LogP contribution in [0.25, 0.3) is 0 Å². The lowest BCUT2D eigenvalue weighted by Gasteiger charge is -2.35. The van der Waals surface area contributed by atoms with Crippen LogP contribution in [0.2, 0.25) is 0 Å². The van der Waals surface area contributed by atoms with Gasteiger partial charge < -0.3 is 19.1 Å². The highest BCUT2D eigenvalue weighted by atomic mass is 16.6. The van der Waals surface area contributed by atoms with Crippen molar-refractivity contribution >= 4 is 18.0 Å². The normalized spacial score (nSPS) is 16.7. The summed E-state index contributed by atoms with van der Waals surface area (Å²) in [6, 6.07) is -0.988. The molecule has 1 unspecified atom stereocenters. The Kier molecular flexibility index (Phi) is 7.44. The molecule has 0 aromatic heterocycles. The van der Waals surface area contributed by atoms with E-state index < -0.39 is 29.3 Å². The van der Waals surface area contributed by atoms with E-state index in [-0.39, 0.29) is 12.3 Å². The molecular weight excluding hydrogens is 340 g/mol. The number of rotatable bonds is 4. The van der Waals surface area contributed by atoms with Crippen molar-refractivity contribution in [2.75, 3.05) is 33.4 Å². The van der Waals surface area contributed by atoms with Crippen molar-refractivity contribution in [3.05, 3.63) is 0 Å². The average Bonchev–Trinajstić information content (AvgIpc) is 2.48. The number of likely N-dealkylation sites (N-methyl/N-ethyl adjacent to an activating group) is 1. The molecule has 0 aromatic rings. The Morgan fingerprint density at radius 3 is 1.96 bits per heavy atom. The van der Waals surface area contributed by atoms with E-state index >= 15 is 0 Å². The number of amides is 2. The Morgan fingerprint density at radius 1 is 1.00 bits per heavy atom. The molecule has 8 heteroatoms. The minimum absolute atomic E-state index is 0.233. The lowest BCUT2D eigenvalue weighted by Crippen LogP contribution is -2.54. The van der Waals surface area contributed by atoms with Crippen LogP contribution in [0.1, 0.15) is 48.0 Å². The standard InChI is InChI=1S/C18H32N2O6/c1-17(2,3)25-14(21)12-13(15(22)20-8-10-24-11-9-20)19(7)16(23)26-18(4,5)6/h13H,8-12H2,1-7H3. The van der Waals surface area contributed by atoms with Crippen LogP contribution in [0.4, 0.5) is 4.79 Å². The predicted molar refractivity (Wildman–Crippen MR) is 95.6 cm³/mol. The lowest BCUT2D eigenvalue weighted by molar-refractivity contribution is -0.159. The molecule has 1 fully saturated rings. The minimum Gasteiger partial charge on any atom is -0.460 e. The van der Waals surface area contributed by atoms with Gasteiger partial charge in [-0.25, -0.2) is 4.79 Å². The molecule has 0 radical (unpaired) electrons. The van der Waals surface area contributed by atoms with Gasteiger partial charge in [0.05, 0.1) is 19.6 Å². The maximum absolute atomic E-state index is 12.9. The van der Waals surface area contributed by atoms with Crippen molar-refractivity contribution in [1.82, 2.24) is 9.80 Å². The molecule has 1 rings (SSSR count). The second kappa shape index (κ2) is 8.70. The van der Waals surface area contributed by atoms with Crippen LogP contribution in [-0.4, -0.2) is 78.4 Å². The summed E-state index contributed by atoms with van der Waals surface area (Å²) in [5.74, 6) is -0.855. The van der Waals surface area contributed by atoms with E-state index in [4.69, 9.17) is 14.2 Å². The summed E-state index contributed by atoms with van der Waals surface area (Å²) in [6.45, 7) is 12.2. The molecule has 1 saturated heterocycles. The molecule has 2 amide bonds. The molecule has 0 spiro atoms. The van der Waals surface area contributed by atoms with E-state index in [1.54, 1.807) is 46.4 Å². The van der Waals surface area contributed by atoms with Gasteiger partial charge in [-0.1, -0.05) is 0 Å². The molecule has 1 aliphatic heterocycles. The molecular formula is C18H32N2O6. The lowest BCUT2D eigenvalue weighted by atomic mass is 10.1. The zero-order chi connectivity index (χ0) is 20.1. The molecule has 150 valence electrons. The van der Waals surface area contributed by atoms with Crippen LogP contribution >= 0.6 is 0 Å². The molecule has 1 heterocycles. The smallest absolute Gasteiger partial charge is 0.410 e. The summed E-state index contributed by atoms with van der Waals surface area (Å²) in [4.78, 5) is 40.4. The fourth-order valence-corrected chi connectivity index (χ4v) is 2.39. The predicted octanol–water partition coefficient (Wildman–Crippen LogP) is 1.81. The number of nitrogens with zero attached hydrogens (tertiary/aromatic N) is 2. The molecule has 0 bridgehead atoms. The van der Waals surface area contributed by atoms with Crippen LogP contribution in [0.5, 0.6) is 0 Å². The fraction of sp³-hybridized carbons (Fsp3) is 0.833. The summed E-state index contributed by atoms with van der Waals surface area (Å²) >= 11 is 0. The van der Waals surface area contributed by atoms with E-state index in [0.29, 0.717) is 26.3 Å². The van der Waals surface area contributed by atoms with Gasteiger partial charge in [-0.2, -0.15) is 0 Å². The molecule has 8 nitrogen and oxygen atoms in total. The third-order valence-electron chi connectivity index (χ3n) is 3.54. The molecule has 1 atom stereocenters. The summed E-state index contributed by atoms with van der Waals surface area (Å²) in [7, 11) is 1.46. The van der Waals surface area contributed by atoms with Gasteiger partial charge in [0.15, 0.2) is 0 Å². The third-order valence-corrected chi connectivity index (χ3v) is 3.54.